The van der Waals surface area contributed by atoms with Crippen LogP contribution in [-0.4, -0.2) is 47.4 Å². The second-order valence-corrected chi connectivity index (χ2v) is 6.54. The van der Waals surface area contributed by atoms with E-state index in [1.165, 1.54) is 18.0 Å². The Morgan fingerprint density at radius 1 is 1.40 bits per heavy atom. The minimum absolute atomic E-state index is 0.0922. The lowest BCUT2D eigenvalue weighted by atomic mass is 10.1. The Morgan fingerprint density at radius 3 is 2.90 bits per heavy atom. The van der Waals surface area contributed by atoms with Crippen molar-refractivity contribution >= 4 is 28.3 Å². The summed E-state index contributed by atoms with van der Waals surface area (Å²) in [5.74, 6) is 0.241. The minimum Gasteiger partial charge on any atom is -0.382 e. The molecule has 1 aliphatic heterocycles. The molecule has 1 atom stereocenters. The van der Waals surface area contributed by atoms with Crippen molar-refractivity contribution in [1.29, 1.82) is 0 Å². The van der Waals surface area contributed by atoms with Crippen LogP contribution in [0.25, 0.3) is 0 Å². The zero-order valence-electron chi connectivity index (χ0n) is 11.7. The Bertz CT molecular complexity index is 499. The van der Waals surface area contributed by atoms with Gasteiger partial charge in [0.2, 0.25) is 0 Å². The maximum atomic E-state index is 12.2. The van der Waals surface area contributed by atoms with Crippen molar-refractivity contribution in [3.63, 3.8) is 0 Å². The number of aromatic nitrogens is 1. The number of amides is 1. The topological polar surface area (TPSA) is 83.3 Å². The number of nitrogens with one attached hydrogen (secondary N) is 2. The third-order valence-electron chi connectivity index (χ3n) is 3.82. The molecule has 1 amide bonds. The van der Waals surface area contributed by atoms with E-state index in [2.05, 4.69) is 27.0 Å². The number of carbonyl (C=O) groups is 1. The van der Waals surface area contributed by atoms with Gasteiger partial charge in [0.05, 0.1) is 0 Å². The molecule has 1 saturated heterocycles. The van der Waals surface area contributed by atoms with E-state index in [-0.39, 0.29) is 5.91 Å². The van der Waals surface area contributed by atoms with Crippen molar-refractivity contribution in [2.45, 2.75) is 37.8 Å². The number of hydrogen-bond donors (Lipinski definition) is 3. The lowest BCUT2D eigenvalue weighted by molar-refractivity contribution is 0.0953. The van der Waals surface area contributed by atoms with E-state index >= 15 is 0 Å². The predicted molar refractivity (Wildman–Crippen MR) is 81.2 cm³/mol. The summed E-state index contributed by atoms with van der Waals surface area (Å²) in [5, 5.41) is 7.24. The highest BCUT2D eigenvalue weighted by molar-refractivity contribution is 7.11. The average Bonchev–Trinajstić information content (AvgIpc) is 3.13. The number of nitrogens with two attached hydrogens (primary N) is 1. The Morgan fingerprint density at radius 2 is 2.20 bits per heavy atom. The first-order valence-electron chi connectivity index (χ1n) is 7.14. The van der Waals surface area contributed by atoms with Crippen molar-refractivity contribution in [3.8, 4) is 0 Å². The molecule has 2 aliphatic rings. The molecule has 1 aromatic rings. The van der Waals surface area contributed by atoms with Gasteiger partial charge in [-0.15, -0.1) is 0 Å². The normalized spacial score (nSPS) is 23.6. The van der Waals surface area contributed by atoms with Gasteiger partial charge in [-0.2, -0.15) is 4.37 Å². The Labute approximate surface area is 122 Å². The molecule has 0 aromatic carbocycles. The van der Waals surface area contributed by atoms with Crippen molar-refractivity contribution in [2.75, 3.05) is 31.2 Å². The number of piperidine rings is 1. The summed E-state index contributed by atoms with van der Waals surface area (Å²) in [7, 11) is 2.12. The van der Waals surface area contributed by atoms with Gasteiger partial charge in [-0.25, -0.2) is 0 Å². The maximum Gasteiger partial charge on any atom is 0.258 e. The van der Waals surface area contributed by atoms with Crippen LogP contribution < -0.4 is 16.4 Å². The van der Waals surface area contributed by atoms with E-state index in [4.69, 9.17) is 5.73 Å². The summed E-state index contributed by atoms with van der Waals surface area (Å²) in [6.07, 6.45) is 4.43. The van der Waals surface area contributed by atoms with E-state index in [0.29, 0.717) is 23.5 Å². The second-order valence-electron chi connectivity index (χ2n) is 5.77. The van der Waals surface area contributed by atoms with Gasteiger partial charge in [-0.1, -0.05) is 0 Å². The Balaban J connectivity index is 1.70. The molecule has 110 valence electrons. The molecular formula is C13H21N5OS. The average molecular weight is 295 g/mol. The summed E-state index contributed by atoms with van der Waals surface area (Å²) in [6.45, 7) is 2.12. The molecule has 1 unspecified atom stereocenters. The van der Waals surface area contributed by atoms with E-state index in [1.54, 1.807) is 0 Å². The maximum absolute atomic E-state index is 12.2. The van der Waals surface area contributed by atoms with Gasteiger partial charge in [0.25, 0.3) is 5.91 Å². The molecule has 4 N–H and O–H groups in total. The van der Waals surface area contributed by atoms with E-state index in [1.807, 2.05) is 0 Å². The third-order valence-corrected chi connectivity index (χ3v) is 4.61. The van der Waals surface area contributed by atoms with Gasteiger partial charge in [0.15, 0.2) is 5.82 Å². The SMILES string of the molecule is CN1CCCC(Nc2snc(N)c2C(=O)NC2CC2)C1. The molecule has 1 saturated carbocycles. The highest BCUT2D eigenvalue weighted by Gasteiger charge is 2.28. The van der Waals surface area contributed by atoms with Crippen molar-refractivity contribution < 1.29 is 4.79 Å². The smallest absolute Gasteiger partial charge is 0.258 e. The van der Waals surface area contributed by atoms with Crippen molar-refractivity contribution in [1.82, 2.24) is 14.6 Å². The molecule has 7 heteroatoms. The lowest BCUT2D eigenvalue weighted by Crippen LogP contribution is -2.40. The Kier molecular flexibility index (Phi) is 3.80. The third kappa shape index (κ3) is 3.04. The minimum atomic E-state index is -0.0922. The summed E-state index contributed by atoms with van der Waals surface area (Å²) in [6, 6.07) is 0.691. The molecule has 6 nitrogen and oxygen atoms in total. The summed E-state index contributed by atoms with van der Waals surface area (Å²) in [5.41, 5.74) is 6.38. The Hall–Kier alpha value is -1.34. The molecule has 0 bridgehead atoms. The standard InChI is InChI=1S/C13H21N5OS/c1-18-6-2-3-9(7-18)16-13-10(11(14)17-20-13)12(19)15-8-4-5-8/h8-9,16H,2-7H2,1H3,(H2,14,17)(H,15,19). The molecule has 1 aliphatic carbocycles. The first-order chi connectivity index (χ1) is 9.63. The van der Waals surface area contributed by atoms with Crippen LogP contribution >= 0.6 is 11.5 Å². The van der Waals surface area contributed by atoms with E-state index in [9.17, 15) is 4.79 Å². The summed E-state index contributed by atoms with van der Waals surface area (Å²) < 4.78 is 4.13. The number of likely N-dealkylation sites (N-methyl/N-ethyl adjacent to an activating group) is 1. The largest absolute Gasteiger partial charge is 0.382 e. The number of likely N-dealkylation sites (tertiary alicyclic amines) is 1. The number of rotatable bonds is 4. The second kappa shape index (κ2) is 5.57. The summed E-state index contributed by atoms with van der Waals surface area (Å²) >= 11 is 1.28. The molecule has 0 radical (unpaired) electrons. The fourth-order valence-corrected chi connectivity index (χ4v) is 3.36. The number of hydrogen-bond acceptors (Lipinski definition) is 6. The van der Waals surface area contributed by atoms with Crippen LogP contribution in [0.4, 0.5) is 10.8 Å². The zero-order chi connectivity index (χ0) is 14.1. The highest BCUT2D eigenvalue weighted by atomic mass is 32.1. The number of anilines is 2. The van der Waals surface area contributed by atoms with Gasteiger partial charge < -0.3 is 21.3 Å². The molecule has 2 fully saturated rings. The molecule has 3 rings (SSSR count). The first kappa shape index (κ1) is 13.6. The quantitative estimate of drug-likeness (QED) is 0.775. The van der Waals surface area contributed by atoms with Crippen LogP contribution in [-0.2, 0) is 0 Å². The van der Waals surface area contributed by atoms with Gasteiger partial charge in [-0.3, -0.25) is 4.79 Å². The van der Waals surface area contributed by atoms with Crippen molar-refractivity contribution in [2.24, 2.45) is 0 Å². The van der Waals surface area contributed by atoms with E-state index in [0.717, 1.165) is 37.4 Å². The molecule has 0 spiro atoms. The summed E-state index contributed by atoms with van der Waals surface area (Å²) in [4.78, 5) is 14.5. The van der Waals surface area contributed by atoms with Gasteiger partial charge in [-0.05, 0) is 50.8 Å². The van der Waals surface area contributed by atoms with Gasteiger partial charge >= 0.3 is 0 Å². The van der Waals surface area contributed by atoms with Gasteiger partial charge in [0, 0.05) is 18.6 Å². The van der Waals surface area contributed by atoms with E-state index < -0.39 is 0 Å². The number of nitrogen functional groups attached to an aromatic ring is 1. The predicted octanol–water partition coefficient (Wildman–Crippen LogP) is 1.12. The number of carbonyl (C=O) groups excluding carboxylic acids is 1. The highest BCUT2D eigenvalue weighted by Crippen LogP contribution is 2.30. The molecule has 20 heavy (non-hydrogen) atoms. The van der Waals surface area contributed by atoms with Crippen LogP contribution in [0.1, 0.15) is 36.0 Å². The molecular weight excluding hydrogens is 274 g/mol. The molecule has 2 heterocycles. The van der Waals surface area contributed by atoms with Crippen LogP contribution in [0.3, 0.4) is 0 Å². The first-order valence-corrected chi connectivity index (χ1v) is 7.92. The van der Waals surface area contributed by atoms with Crippen LogP contribution in [0.2, 0.25) is 0 Å². The van der Waals surface area contributed by atoms with Crippen LogP contribution in [0.5, 0.6) is 0 Å². The monoisotopic (exact) mass is 295 g/mol. The fourth-order valence-electron chi connectivity index (χ4n) is 2.58. The van der Waals surface area contributed by atoms with Crippen LogP contribution in [0, 0.1) is 0 Å². The number of nitrogens with zero attached hydrogens (tertiary/aromatic N) is 2. The molecule has 1 aromatic heterocycles. The van der Waals surface area contributed by atoms with Crippen molar-refractivity contribution in [3.05, 3.63) is 5.56 Å². The lowest BCUT2D eigenvalue weighted by Gasteiger charge is -2.30. The zero-order valence-corrected chi connectivity index (χ0v) is 12.5. The fraction of sp³-hybridized carbons (Fsp3) is 0.692. The van der Waals surface area contributed by atoms with Gasteiger partial charge in [0.1, 0.15) is 10.6 Å². The van der Waals surface area contributed by atoms with Crippen LogP contribution in [0.15, 0.2) is 0 Å².